The number of hydrogen-bond donors (Lipinski definition) is 0. The maximum atomic E-state index is 14.0. The fourth-order valence-electron chi connectivity index (χ4n) is 4.56. The summed E-state index contributed by atoms with van der Waals surface area (Å²) in [6.45, 7) is 4.64. The van der Waals surface area contributed by atoms with E-state index in [9.17, 15) is 12.8 Å². The van der Waals surface area contributed by atoms with Crippen molar-refractivity contribution in [2.24, 2.45) is 0 Å². The molecule has 0 spiro atoms. The van der Waals surface area contributed by atoms with Gasteiger partial charge in [0.05, 0.1) is 17.2 Å². The Bertz CT molecular complexity index is 1570. The molecule has 0 N–H and O–H groups in total. The number of aromatic nitrogens is 4. The largest absolute Gasteiger partial charge is 0.487 e. The Kier molecular flexibility index (Phi) is 9.25. The lowest BCUT2D eigenvalue weighted by atomic mass is 10.1. The van der Waals surface area contributed by atoms with Crippen molar-refractivity contribution in [3.05, 3.63) is 94.7 Å². The molecule has 11 heteroatoms. The van der Waals surface area contributed by atoms with E-state index in [2.05, 4.69) is 32.3 Å². The Morgan fingerprint density at radius 3 is 2.63 bits per heavy atom. The van der Waals surface area contributed by atoms with Gasteiger partial charge >= 0.3 is 0 Å². The van der Waals surface area contributed by atoms with Gasteiger partial charge in [0.2, 0.25) is 5.89 Å². The lowest BCUT2D eigenvalue weighted by Gasteiger charge is -2.25. The quantitative estimate of drug-likeness (QED) is 0.222. The number of benzene rings is 2. The van der Waals surface area contributed by atoms with E-state index in [-0.39, 0.29) is 23.9 Å². The number of hydrogen-bond acceptors (Lipinski definition) is 8. The van der Waals surface area contributed by atoms with Crippen molar-refractivity contribution in [1.29, 1.82) is 0 Å². The number of unbranched alkanes of at least 4 members (excludes halogenated alkanes) is 1. The van der Waals surface area contributed by atoms with E-state index in [4.69, 9.17) is 9.15 Å². The minimum Gasteiger partial charge on any atom is -0.487 e. The molecular weight excluding hydrogens is 545 g/mol. The SMILES string of the molecule is Cc1ccc(/C=C/c2nc(COc3ccc(CCCCn4cc(CN5CCS(=O)(=O)CC5)nn4)cc3)co2)c(F)c1. The molecule has 1 saturated heterocycles. The number of sulfone groups is 1. The summed E-state index contributed by atoms with van der Waals surface area (Å²) < 4.78 is 50.3. The molecule has 4 aromatic rings. The van der Waals surface area contributed by atoms with Crippen LogP contribution in [0.2, 0.25) is 0 Å². The minimum absolute atomic E-state index is 0.216. The van der Waals surface area contributed by atoms with Crippen LogP contribution in [0.1, 0.15) is 46.8 Å². The molecule has 1 fully saturated rings. The van der Waals surface area contributed by atoms with Gasteiger partial charge in [-0.3, -0.25) is 9.58 Å². The van der Waals surface area contributed by atoms with Crippen LogP contribution in [0.5, 0.6) is 5.75 Å². The van der Waals surface area contributed by atoms with Crippen LogP contribution in [0.4, 0.5) is 4.39 Å². The first kappa shape index (κ1) is 28.7. The monoisotopic (exact) mass is 579 g/mol. The lowest BCUT2D eigenvalue weighted by molar-refractivity contribution is 0.284. The maximum Gasteiger partial charge on any atom is 0.218 e. The molecule has 0 aliphatic carbocycles. The van der Waals surface area contributed by atoms with Gasteiger partial charge in [0.15, 0.2) is 9.84 Å². The van der Waals surface area contributed by atoms with Crippen LogP contribution in [-0.4, -0.2) is 57.9 Å². The number of ether oxygens (including phenoxy) is 1. The molecule has 216 valence electrons. The van der Waals surface area contributed by atoms with Gasteiger partial charge in [-0.15, -0.1) is 5.10 Å². The molecule has 0 atom stereocenters. The van der Waals surface area contributed by atoms with E-state index in [1.807, 2.05) is 36.0 Å². The van der Waals surface area contributed by atoms with Gasteiger partial charge in [-0.05, 0) is 61.6 Å². The third kappa shape index (κ3) is 8.58. The number of nitrogens with zero attached hydrogens (tertiary/aromatic N) is 5. The van der Waals surface area contributed by atoms with Crippen molar-refractivity contribution in [3.8, 4) is 5.75 Å². The Hall–Kier alpha value is -3.83. The van der Waals surface area contributed by atoms with Crippen LogP contribution in [0.15, 0.2) is 59.3 Å². The van der Waals surface area contributed by atoms with Crippen LogP contribution >= 0.6 is 0 Å². The topological polar surface area (TPSA) is 103 Å². The maximum absolute atomic E-state index is 14.0. The second-order valence-corrected chi connectivity index (χ2v) is 12.6. The molecule has 0 bridgehead atoms. The normalized spacial score (nSPS) is 15.5. The number of rotatable bonds is 12. The Balaban J connectivity index is 1.00. The highest BCUT2D eigenvalue weighted by Crippen LogP contribution is 2.17. The van der Waals surface area contributed by atoms with E-state index in [1.165, 1.54) is 17.9 Å². The summed E-state index contributed by atoms with van der Waals surface area (Å²) in [5.74, 6) is 1.29. The third-order valence-corrected chi connectivity index (χ3v) is 8.56. The molecule has 5 rings (SSSR count). The van der Waals surface area contributed by atoms with E-state index in [0.717, 1.165) is 42.8 Å². The van der Waals surface area contributed by atoms with Gasteiger partial charge in [-0.2, -0.15) is 0 Å². The van der Waals surface area contributed by atoms with Gasteiger partial charge in [-0.25, -0.2) is 17.8 Å². The Morgan fingerprint density at radius 1 is 1.05 bits per heavy atom. The summed E-state index contributed by atoms with van der Waals surface area (Å²) in [7, 11) is -2.88. The average Bonchev–Trinajstić information content (AvgIpc) is 3.61. The fraction of sp³-hybridized carbons (Fsp3) is 0.367. The van der Waals surface area contributed by atoms with Gasteiger partial charge in [-0.1, -0.05) is 29.5 Å². The van der Waals surface area contributed by atoms with Gasteiger partial charge in [0.1, 0.15) is 30.1 Å². The zero-order chi connectivity index (χ0) is 28.7. The van der Waals surface area contributed by atoms with Crippen LogP contribution in [0.25, 0.3) is 12.2 Å². The van der Waals surface area contributed by atoms with Crippen molar-refractivity contribution in [2.45, 2.75) is 45.9 Å². The van der Waals surface area contributed by atoms with Crippen molar-refractivity contribution in [3.63, 3.8) is 0 Å². The number of oxazole rings is 1. The molecule has 0 amide bonds. The summed E-state index contributed by atoms with van der Waals surface area (Å²) in [5, 5.41) is 8.46. The first-order chi connectivity index (χ1) is 19.8. The Morgan fingerprint density at radius 2 is 1.85 bits per heavy atom. The average molecular weight is 580 g/mol. The van der Waals surface area contributed by atoms with E-state index < -0.39 is 9.84 Å². The lowest BCUT2D eigenvalue weighted by Crippen LogP contribution is -2.39. The molecule has 0 radical (unpaired) electrons. The molecule has 0 unspecified atom stereocenters. The van der Waals surface area contributed by atoms with Gasteiger partial charge < -0.3 is 9.15 Å². The second kappa shape index (κ2) is 13.2. The molecule has 1 aliphatic rings. The molecule has 2 aromatic carbocycles. The van der Waals surface area contributed by atoms with Gasteiger partial charge in [0.25, 0.3) is 0 Å². The number of halogens is 1. The minimum atomic E-state index is -2.88. The van der Waals surface area contributed by atoms with Crippen LogP contribution in [0, 0.1) is 12.7 Å². The zero-order valence-corrected chi connectivity index (χ0v) is 23.9. The van der Waals surface area contributed by atoms with Crippen molar-refractivity contribution in [1.82, 2.24) is 24.9 Å². The highest BCUT2D eigenvalue weighted by molar-refractivity contribution is 7.91. The summed E-state index contributed by atoms with van der Waals surface area (Å²) in [4.78, 5) is 6.49. The van der Waals surface area contributed by atoms with Crippen LogP contribution in [-0.2, 0) is 36.0 Å². The summed E-state index contributed by atoms with van der Waals surface area (Å²) in [5.41, 5.74) is 4.10. The van der Waals surface area contributed by atoms with E-state index in [0.29, 0.717) is 36.8 Å². The van der Waals surface area contributed by atoms with Crippen LogP contribution in [0.3, 0.4) is 0 Å². The second-order valence-electron chi connectivity index (χ2n) is 10.3. The zero-order valence-electron chi connectivity index (χ0n) is 23.1. The first-order valence-corrected chi connectivity index (χ1v) is 15.6. The molecule has 0 saturated carbocycles. The van der Waals surface area contributed by atoms with Crippen LogP contribution < -0.4 is 4.74 Å². The fourth-order valence-corrected chi connectivity index (χ4v) is 5.84. The number of aryl methyl sites for hydroxylation is 3. The molecule has 9 nitrogen and oxygen atoms in total. The summed E-state index contributed by atoms with van der Waals surface area (Å²) >= 11 is 0. The highest BCUT2D eigenvalue weighted by Gasteiger charge is 2.22. The molecule has 3 heterocycles. The third-order valence-electron chi connectivity index (χ3n) is 6.95. The van der Waals surface area contributed by atoms with Gasteiger partial charge in [0, 0.05) is 44.0 Å². The summed E-state index contributed by atoms with van der Waals surface area (Å²) in [6.07, 6.45) is 9.71. The standard InChI is InChI=1S/C30H34FN5O4S/c1-23-5-8-25(29(31)18-23)9-12-30-32-27(22-40-30)21-39-28-10-6-24(7-11-28)4-2-3-13-36-20-26(33-34-36)19-35-14-16-41(37,38)17-15-35/h5-12,18,20,22H,2-4,13-17,19,21H2,1H3/b12-9+. The first-order valence-electron chi connectivity index (χ1n) is 13.7. The molecular formula is C30H34FN5O4S. The molecule has 1 aliphatic heterocycles. The van der Waals surface area contributed by atoms with E-state index >= 15 is 0 Å². The van der Waals surface area contributed by atoms with Crippen molar-refractivity contribution >= 4 is 22.0 Å². The van der Waals surface area contributed by atoms with Crippen molar-refractivity contribution in [2.75, 3.05) is 24.6 Å². The molecule has 2 aromatic heterocycles. The van der Waals surface area contributed by atoms with E-state index in [1.54, 1.807) is 18.2 Å². The summed E-state index contributed by atoms with van der Waals surface area (Å²) in [6, 6.07) is 13.1. The smallest absolute Gasteiger partial charge is 0.218 e. The predicted octanol–water partition coefficient (Wildman–Crippen LogP) is 4.72. The predicted molar refractivity (Wildman–Crippen MR) is 154 cm³/mol. The Labute approximate surface area is 239 Å². The van der Waals surface area contributed by atoms with Crippen molar-refractivity contribution < 1.29 is 22.0 Å². The molecule has 41 heavy (non-hydrogen) atoms. The highest BCUT2D eigenvalue weighted by atomic mass is 32.2.